The summed E-state index contributed by atoms with van der Waals surface area (Å²) in [6.45, 7) is -0.0278. The van der Waals surface area contributed by atoms with Gasteiger partial charge in [-0.3, -0.25) is 9.59 Å². The van der Waals surface area contributed by atoms with E-state index < -0.39 is 30.5 Å². The Bertz CT molecular complexity index is 468. The molecule has 1 aromatic heterocycles. The van der Waals surface area contributed by atoms with Crippen molar-refractivity contribution in [1.82, 2.24) is 9.88 Å². The zero-order chi connectivity index (χ0) is 14.6. The van der Waals surface area contributed by atoms with E-state index in [0.29, 0.717) is 0 Å². The highest BCUT2D eigenvalue weighted by Crippen LogP contribution is 2.19. The number of hydrogen-bond donors (Lipinski definition) is 2. The zero-order valence-electron chi connectivity index (χ0n) is 10.1. The van der Waals surface area contributed by atoms with Gasteiger partial charge in [0.25, 0.3) is 5.91 Å². The molecule has 2 N–H and O–H groups in total. The minimum atomic E-state index is -4.43. The first-order chi connectivity index (χ1) is 8.70. The van der Waals surface area contributed by atoms with Gasteiger partial charge in [-0.2, -0.15) is 13.2 Å². The molecule has 1 amide bonds. The first-order valence-corrected chi connectivity index (χ1v) is 5.43. The van der Waals surface area contributed by atoms with Crippen molar-refractivity contribution in [2.75, 3.05) is 6.54 Å². The molecule has 0 radical (unpaired) electrons. The van der Waals surface area contributed by atoms with Gasteiger partial charge in [0.15, 0.2) is 0 Å². The Kier molecular flexibility index (Phi) is 4.57. The summed E-state index contributed by atoms with van der Waals surface area (Å²) >= 11 is 0. The summed E-state index contributed by atoms with van der Waals surface area (Å²) in [5.41, 5.74) is -0.157. The van der Waals surface area contributed by atoms with E-state index in [0.717, 1.165) is 10.8 Å². The van der Waals surface area contributed by atoms with Crippen molar-refractivity contribution in [3.63, 3.8) is 0 Å². The molecule has 106 valence electrons. The van der Waals surface area contributed by atoms with Crippen LogP contribution in [-0.2, 0) is 11.3 Å². The summed E-state index contributed by atoms with van der Waals surface area (Å²) in [5.74, 6) is -2.64. The van der Waals surface area contributed by atoms with Gasteiger partial charge in [0.05, 0.1) is 5.92 Å². The number of carbonyl (C=O) groups is 2. The lowest BCUT2D eigenvalue weighted by molar-refractivity contribution is -0.141. The maximum Gasteiger partial charge on any atom is 0.406 e. The normalized spacial score (nSPS) is 13.1. The van der Waals surface area contributed by atoms with Gasteiger partial charge in [0.1, 0.15) is 12.2 Å². The predicted molar refractivity (Wildman–Crippen MR) is 59.6 cm³/mol. The number of rotatable bonds is 5. The molecule has 0 aliphatic carbocycles. The molecule has 1 rings (SSSR count). The number of carbonyl (C=O) groups excluding carboxylic acids is 1. The van der Waals surface area contributed by atoms with Crippen molar-refractivity contribution in [3.8, 4) is 0 Å². The summed E-state index contributed by atoms with van der Waals surface area (Å²) in [6, 6.07) is 2.56. The Morgan fingerprint density at radius 3 is 2.63 bits per heavy atom. The number of carboxylic acid groups (broad SMARTS) is 1. The number of nitrogens with zero attached hydrogens (tertiary/aromatic N) is 1. The standard InChI is InChI=1S/C11H13F3N2O3/c1-7(10(18)19)5-15-9(17)8-3-2-4-16(8)6-11(12,13)14/h2-4,7H,5-6H2,1H3,(H,15,17)(H,18,19). The van der Waals surface area contributed by atoms with E-state index in [-0.39, 0.29) is 12.2 Å². The van der Waals surface area contributed by atoms with Crippen molar-refractivity contribution in [2.24, 2.45) is 5.92 Å². The van der Waals surface area contributed by atoms with E-state index in [1.807, 2.05) is 0 Å². The van der Waals surface area contributed by atoms with E-state index >= 15 is 0 Å². The SMILES string of the molecule is CC(CNC(=O)c1cccn1CC(F)(F)F)C(=O)O. The monoisotopic (exact) mass is 278 g/mol. The van der Waals surface area contributed by atoms with Crippen LogP contribution >= 0.6 is 0 Å². The maximum absolute atomic E-state index is 12.3. The lowest BCUT2D eigenvalue weighted by Gasteiger charge is -2.12. The molecular weight excluding hydrogens is 265 g/mol. The molecule has 1 aromatic rings. The van der Waals surface area contributed by atoms with Crippen molar-refractivity contribution in [1.29, 1.82) is 0 Å². The van der Waals surface area contributed by atoms with Crippen LogP contribution in [0.3, 0.4) is 0 Å². The molecule has 0 spiro atoms. The van der Waals surface area contributed by atoms with E-state index in [9.17, 15) is 22.8 Å². The average molecular weight is 278 g/mol. The van der Waals surface area contributed by atoms with Gasteiger partial charge in [-0.1, -0.05) is 6.92 Å². The van der Waals surface area contributed by atoms with E-state index in [1.54, 1.807) is 0 Å². The highest BCUT2D eigenvalue weighted by atomic mass is 19.4. The number of alkyl halides is 3. The second kappa shape index (κ2) is 5.77. The zero-order valence-corrected chi connectivity index (χ0v) is 10.1. The lowest BCUT2D eigenvalue weighted by Crippen LogP contribution is -2.33. The van der Waals surface area contributed by atoms with E-state index in [2.05, 4.69) is 5.32 Å². The third-order valence-corrected chi connectivity index (χ3v) is 2.40. The Balaban J connectivity index is 2.68. The van der Waals surface area contributed by atoms with Gasteiger partial charge in [0.2, 0.25) is 0 Å². The average Bonchev–Trinajstić information content (AvgIpc) is 2.70. The number of nitrogens with one attached hydrogen (secondary N) is 1. The highest BCUT2D eigenvalue weighted by Gasteiger charge is 2.29. The third-order valence-electron chi connectivity index (χ3n) is 2.40. The molecule has 19 heavy (non-hydrogen) atoms. The number of amides is 1. The van der Waals surface area contributed by atoms with Crippen molar-refractivity contribution in [3.05, 3.63) is 24.0 Å². The first kappa shape index (κ1) is 15.1. The topological polar surface area (TPSA) is 71.3 Å². The Hall–Kier alpha value is -1.99. The van der Waals surface area contributed by atoms with E-state index in [4.69, 9.17) is 5.11 Å². The van der Waals surface area contributed by atoms with Crippen LogP contribution in [0.25, 0.3) is 0 Å². The number of halogens is 3. The maximum atomic E-state index is 12.3. The van der Waals surface area contributed by atoms with Gasteiger partial charge < -0.3 is 15.0 Å². The van der Waals surface area contributed by atoms with Gasteiger partial charge in [-0.25, -0.2) is 0 Å². The quantitative estimate of drug-likeness (QED) is 0.857. The lowest BCUT2D eigenvalue weighted by atomic mass is 10.2. The molecule has 0 aromatic carbocycles. The molecule has 1 heterocycles. The first-order valence-electron chi connectivity index (χ1n) is 5.43. The van der Waals surface area contributed by atoms with Crippen LogP contribution in [0.5, 0.6) is 0 Å². The smallest absolute Gasteiger partial charge is 0.406 e. The molecule has 0 aliphatic heterocycles. The number of hydrogen-bond acceptors (Lipinski definition) is 2. The van der Waals surface area contributed by atoms with Crippen molar-refractivity contribution in [2.45, 2.75) is 19.6 Å². The fraction of sp³-hybridized carbons (Fsp3) is 0.455. The Morgan fingerprint density at radius 2 is 2.11 bits per heavy atom. The second-order valence-electron chi connectivity index (χ2n) is 4.09. The molecule has 0 fully saturated rings. The summed E-state index contributed by atoms with van der Waals surface area (Å²) in [4.78, 5) is 22.2. The minimum Gasteiger partial charge on any atom is -0.481 e. The molecule has 0 saturated carbocycles. The summed E-state index contributed by atoms with van der Waals surface area (Å²) in [5, 5.41) is 10.9. The molecule has 5 nitrogen and oxygen atoms in total. The predicted octanol–water partition coefficient (Wildman–Crippen LogP) is 1.50. The minimum absolute atomic E-state index is 0.147. The van der Waals surface area contributed by atoms with Crippen LogP contribution in [0.15, 0.2) is 18.3 Å². The highest BCUT2D eigenvalue weighted by molar-refractivity contribution is 5.93. The fourth-order valence-corrected chi connectivity index (χ4v) is 1.37. The van der Waals surface area contributed by atoms with Gasteiger partial charge in [-0.05, 0) is 12.1 Å². The second-order valence-corrected chi connectivity index (χ2v) is 4.09. The van der Waals surface area contributed by atoms with Crippen LogP contribution in [0.2, 0.25) is 0 Å². The van der Waals surface area contributed by atoms with Gasteiger partial charge in [-0.15, -0.1) is 0 Å². The molecule has 8 heteroatoms. The Morgan fingerprint density at radius 1 is 1.47 bits per heavy atom. The summed E-state index contributed by atoms with van der Waals surface area (Å²) in [7, 11) is 0. The largest absolute Gasteiger partial charge is 0.481 e. The molecule has 1 atom stereocenters. The molecule has 0 bridgehead atoms. The van der Waals surface area contributed by atoms with Gasteiger partial charge >= 0.3 is 12.1 Å². The van der Waals surface area contributed by atoms with E-state index in [1.165, 1.54) is 19.1 Å². The molecule has 0 aliphatic rings. The molecule has 1 unspecified atom stereocenters. The number of aliphatic carboxylic acids is 1. The van der Waals surface area contributed by atoms with Crippen LogP contribution in [-0.4, -0.2) is 34.3 Å². The molecule has 0 saturated heterocycles. The summed E-state index contributed by atoms with van der Waals surface area (Å²) in [6.07, 6.45) is -3.29. The van der Waals surface area contributed by atoms with Gasteiger partial charge in [0, 0.05) is 12.7 Å². The van der Waals surface area contributed by atoms with Crippen LogP contribution in [0.1, 0.15) is 17.4 Å². The summed E-state index contributed by atoms with van der Waals surface area (Å²) < 4.78 is 37.5. The Labute approximate surface area is 107 Å². The van der Waals surface area contributed by atoms with Crippen molar-refractivity contribution >= 4 is 11.9 Å². The molecular formula is C11H13F3N2O3. The van der Waals surface area contributed by atoms with Crippen molar-refractivity contribution < 1.29 is 27.9 Å². The van der Waals surface area contributed by atoms with Crippen LogP contribution in [0, 0.1) is 5.92 Å². The fourth-order valence-electron chi connectivity index (χ4n) is 1.37. The third kappa shape index (κ3) is 4.65. The van der Waals surface area contributed by atoms with Crippen LogP contribution in [0.4, 0.5) is 13.2 Å². The van der Waals surface area contributed by atoms with Crippen LogP contribution < -0.4 is 5.32 Å². The number of carboxylic acids is 1. The number of aromatic nitrogens is 1.